The number of aliphatic hydroxyl groups excluding tert-OH is 2. The van der Waals surface area contributed by atoms with Crippen molar-refractivity contribution in [2.75, 3.05) is 19.8 Å². The van der Waals surface area contributed by atoms with Crippen molar-refractivity contribution in [2.24, 2.45) is 5.73 Å². The minimum absolute atomic E-state index is 0.0403. The third-order valence-electron chi connectivity index (χ3n) is 1.21. The van der Waals surface area contributed by atoms with Gasteiger partial charge in [-0.25, -0.2) is 0 Å². The molecule has 0 spiro atoms. The Morgan fingerprint density at radius 3 is 2.55 bits per heavy atom. The van der Waals surface area contributed by atoms with Crippen molar-refractivity contribution in [3.8, 4) is 0 Å². The predicted octanol–water partition coefficient (Wildman–Crippen LogP) is -1.13. The standard InChI is InChI=1S/C7H15NO3/c1-2-3-11-5-7(10)6(9)4-8/h2,6-7,9-10H,1,3-5,8H2. The molecule has 0 rings (SSSR count). The lowest BCUT2D eigenvalue weighted by Crippen LogP contribution is -2.36. The maximum atomic E-state index is 9.06. The lowest BCUT2D eigenvalue weighted by Gasteiger charge is -2.14. The lowest BCUT2D eigenvalue weighted by molar-refractivity contribution is -0.0282. The van der Waals surface area contributed by atoms with Gasteiger partial charge in [-0.2, -0.15) is 0 Å². The van der Waals surface area contributed by atoms with E-state index >= 15 is 0 Å². The molecule has 4 N–H and O–H groups in total. The number of hydrogen-bond donors (Lipinski definition) is 3. The maximum absolute atomic E-state index is 9.06. The van der Waals surface area contributed by atoms with Crippen LogP contribution in [0.1, 0.15) is 0 Å². The minimum atomic E-state index is -0.903. The number of aliphatic hydroxyl groups is 2. The molecule has 0 saturated carbocycles. The molecule has 0 heterocycles. The van der Waals surface area contributed by atoms with Crippen molar-refractivity contribution in [3.63, 3.8) is 0 Å². The van der Waals surface area contributed by atoms with Gasteiger partial charge in [0.25, 0.3) is 0 Å². The third-order valence-corrected chi connectivity index (χ3v) is 1.21. The quantitative estimate of drug-likeness (QED) is 0.340. The molecule has 0 aromatic heterocycles. The van der Waals surface area contributed by atoms with Crippen LogP contribution in [0.4, 0.5) is 0 Å². The second kappa shape index (κ2) is 6.30. The van der Waals surface area contributed by atoms with Crippen LogP contribution in [0.2, 0.25) is 0 Å². The van der Waals surface area contributed by atoms with Gasteiger partial charge in [0.05, 0.1) is 19.3 Å². The molecular weight excluding hydrogens is 146 g/mol. The summed E-state index contributed by atoms with van der Waals surface area (Å²) in [5.74, 6) is 0. The first kappa shape index (κ1) is 10.6. The van der Waals surface area contributed by atoms with E-state index in [1.807, 2.05) is 0 Å². The van der Waals surface area contributed by atoms with E-state index in [4.69, 9.17) is 20.7 Å². The molecule has 0 saturated heterocycles. The largest absolute Gasteiger partial charge is 0.389 e. The van der Waals surface area contributed by atoms with Crippen LogP contribution >= 0.6 is 0 Å². The van der Waals surface area contributed by atoms with E-state index in [1.165, 1.54) is 0 Å². The minimum Gasteiger partial charge on any atom is -0.389 e. The van der Waals surface area contributed by atoms with Crippen LogP contribution in [0.5, 0.6) is 0 Å². The zero-order chi connectivity index (χ0) is 8.69. The second-order valence-corrected chi connectivity index (χ2v) is 2.20. The first-order chi connectivity index (χ1) is 5.22. The molecule has 0 aromatic carbocycles. The Balaban J connectivity index is 3.34. The predicted molar refractivity (Wildman–Crippen MR) is 42.1 cm³/mol. The fraction of sp³-hybridized carbons (Fsp3) is 0.714. The highest BCUT2D eigenvalue weighted by Crippen LogP contribution is 1.92. The van der Waals surface area contributed by atoms with Gasteiger partial charge in [-0.05, 0) is 0 Å². The van der Waals surface area contributed by atoms with Crippen molar-refractivity contribution in [1.29, 1.82) is 0 Å². The average Bonchev–Trinajstić information content (AvgIpc) is 2.03. The topological polar surface area (TPSA) is 75.7 Å². The molecule has 2 unspecified atom stereocenters. The molecule has 66 valence electrons. The van der Waals surface area contributed by atoms with E-state index in [9.17, 15) is 0 Å². The summed E-state index contributed by atoms with van der Waals surface area (Å²) in [4.78, 5) is 0. The fourth-order valence-corrected chi connectivity index (χ4v) is 0.540. The number of hydrogen-bond acceptors (Lipinski definition) is 4. The third kappa shape index (κ3) is 4.92. The summed E-state index contributed by atoms with van der Waals surface area (Å²) in [7, 11) is 0. The Morgan fingerprint density at radius 1 is 1.45 bits per heavy atom. The van der Waals surface area contributed by atoms with Gasteiger partial charge < -0.3 is 20.7 Å². The highest BCUT2D eigenvalue weighted by molar-refractivity contribution is 4.69. The summed E-state index contributed by atoms with van der Waals surface area (Å²) in [6.45, 7) is 3.93. The van der Waals surface area contributed by atoms with E-state index in [-0.39, 0.29) is 13.2 Å². The average molecular weight is 161 g/mol. The van der Waals surface area contributed by atoms with Crippen molar-refractivity contribution in [3.05, 3.63) is 12.7 Å². The highest BCUT2D eigenvalue weighted by Gasteiger charge is 2.13. The van der Waals surface area contributed by atoms with Gasteiger partial charge in [-0.1, -0.05) is 6.08 Å². The summed E-state index contributed by atoms with van der Waals surface area (Å²) in [5.41, 5.74) is 5.09. The van der Waals surface area contributed by atoms with Crippen LogP contribution in [-0.4, -0.2) is 42.2 Å². The van der Waals surface area contributed by atoms with Crippen LogP contribution in [0.3, 0.4) is 0 Å². The van der Waals surface area contributed by atoms with E-state index in [1.54, 1.807) is 6.08 Å². The Labute approximate surface area is 66.3 Å². The molecule has 11 heavy (non-hydrogen) atoms. The van der Waals surface area contributed by atoms with Gasteiger partial charge in [-0.15, -0.1) is 6.58 Å². The van der Waals surface area contributed by atoms with Gasteiger partial charge in [0, 0.05) is 6.54 Å². The van der Waals surface area contributed by atoms with Crippen LogP contribution in [-0.2, 0) is 4.74 Å². The van der Waals surface area contributed by atoms with Crippen molar-refractivity contribution < 1.29 is 14.9 Å². The summed E-state index contributed by atoms with van der Waals surface area (Å²) in [6.07, 6.45) is -0.235. The molecule has 0 fully saturated rings. The summed E-state index contributed by atoms with van der Waals surface area (Å²) in [6, 6.07) is 0. The van der Waals surface area contributed by atoms with E-state index in [0.29, 0.717) is 6.61 Å². The van der Waals surface area contributed by atoms with Crippen molar-refractivity contribution >= 4 is 0 Å². The molecule has 0 bridgehead atoms. The Hall–Kier alpha value is -0.420. The van der Waals surface area contributed by atoms with Crippen molar-refractivity contribution in [2.45, 2.75) is 12.2 Å². The molecule has 4 nitrogen and oxygen atoms in total. The molecule has 2 atom stereocenters. The van der Waals surface area contributed by atoms with Crippen LogP contribution in [0.15, 0.2) is 12.7 Å². The first-order valence-corrected chi connectivity index (χ1v) is 3.47. The van der Waals surface area contributed by atoms with E-state index in [0.717, 1.165) is 0 Å². The molecule has 0 aliphatic heterocycles. The number of ether oxygens (including phenoxy) is 1. The Kier molecular flexibility index (Phi) is 6.06. The van der Waals surface area contributed by atoms with Gasteiger partial charge in [-0.3, -0.25) is 0 Å². The van der Waals surface area contributed by atoms with Gasteiger partial charge in [0.2, 0.25) is 0 Å². The molecule has 0 amide bonds. The summed E-state index contributed by atoms with van der Waals surface area (Å²) < 4.78 is 4.88. The van der Waals surface area contributed by atoms with E-state index in [2.05, 4.69) is 6.58 Å². The molecule has 0 aliphatic carbocycles. The molecule has 0 aromatic rings. The number of rotatable bonds is 6. The zero-order valence-corrected chi connectivity index (χ0v) is 6.44. The van der Waals surface area contributed by atoms with Crippen LogP contribution < -0.4 is 5.73 Å². The van der Waals surface area contributed by atoms with Gasteiger partial charge >= 0.3 is 0 Å². The highest BCUT2D eigenvalue weighted by atomic mass is 16.5. The monoisotopic (exact) mass is 161 g/mol. The molecule has 0 aliphatic rings. The van der Waals surface area contributed by atoms with Crippen LogP contribution in [0.25, 0.3) is 0 Å². The Morgan fingerprint density at radius 2 is 2.09 bits per heavy atom. The maximum Gasteiger partial charge on any atom is 0.104 e. The Bertz CT molecular complexity index is 108. The molecular formula is C7H15NO3. The summed E-state index contributed by atoms with van der Waals surface area (Å²) in [5, 5.41) is 18.0. The zero-order valence-electron chi connectivity index (χ0n) is 6.44. The van der Waals surface area contributed by atoms with Crippen molar-refractivity contribution in [1.82, 2.24) is 0 Å². The van der Waals surface area contributed by atoms with Gasteiger partial charge in [0.15, 0.2) is 0 Å². The van der Waals surface area contributed by atoms with Crippen LogP contribution in [0, 0.1) is 0 Å². The second-order valence-electron chi connectivity index (χ2n) is 2.20. The SMILES string of the molecule is C=CCOCC(O)C(O)CN. The van der Waals surface area contributed by atoms with Gasteiger partial charge in [0.1, 0.15) is 6.10 Å². The fourth-order valence-electron chi connectivity index (χ4n) is 0.540. The molecule has 4 heteroatoms. The normalized spacial score (nSPS) is 15.9. The lowest BCUT2D eigenvalue weighted by atomic mass is 10.2. The number of nitrogens with two attached hydrogens (primary N) is 1. The molecule has 0 radical (unpaired) electrons. The van der Waals surface area contributed by atoms with E-state index < -0.39 is 12.2 Å². The summed E-state index contributed by atoms with van der Waals surface area (Å²) >= 11 is 0. The smallest absolute Gasteiger partial charge is 0.104 e. The first-order valence-electron chi connectivity index (χ1n) is 3.47.